The van der Waals surface area contributed by atoms with E-state index in [1.165, 1.54) is 51.3 Å². The van der Waals surface area contributed by atoms with Crippen LogP contribution in [0.3, 0.4) is 0 Å². The first kappa shape index (κ1) is 21.7. The third-order valence-electron chi connectivity index (χ3n) is 3.22. The van der Waals surface area contributed by atoms with Crippen molar-refractivity contribution in [2.75, 3.05) is 19.8 Å². The van der Waals surface area contributed by atoms with Crippen LogP contribution in [0.4, 0.5) is 5.69 Å². The van der Waals surface area contributed by atoms with E-state index in [9.17, 15) is 24.5 Å². The van der Waals surface area contributed by atoms with Crippen LogP contribution in [0.25, 0.3) is 0 Å². The molecular weight excluding hydrogens is 360 g/mol. The molecule has 0 aliphatic heterocycles. The van der Waals surface area contributed by atoms with Gasteiger partial charge < -0.3 is 14.2 Å². The lowest BCUT2D eigenvalue weighted by Gasteiger charge is -2.27. The minimum atomic E-state index is -1.36. The Hall–Kier alpha value is -3.30. The average molecular weight is 380 g/mol. The summed E-state index contributed by atoms with van der Waals surface area (Å²) in [5.74, 6) is -1.76. The zero-order chi connectivity index (χ0) is 20.4. The zero-order valence-electron chi connectivity index (χ0n) is 15.2. The van der Waals surface area contributed by atoms with E-state index >= 15 is 0 Å². The van der Waals surface area contributed by atoms with Crippen LogP contribution in [-0.2, 0) is 28.6 Å². The van der Waals surface area contributed by atoms with Crippen molar-refractivity contribution in [1.82, 2.24) is 0 Å². The van der Waals surface area contributed by atoms with Crippen LogP contribution in [-0.4, -0.2) is 54.4 Å². The minimum Gasteiger partial charge on any atom is -0.463 e. The lowest BCUT2D eigenvalue weighted by atomic mass is 10.0. The van der Waals surface area contributed by atoms with Gasteiger partial charge in [-0.05, 0) is 17.7 Å². The van der Waals surface area contributed by atoms with Crippen molar-refractivity contribution in [3.05, 3.63) is 39.9 Å². The molecule has 1 aromatic rings. The van der Waals surface area contributed by atoms with Crippen molar-refractivity contribution in [1.29, 1.82) is 0 Å². The summed E-state index contributed by atoms with van der Waals surface area (Å²) >= 11 is 0. The Morgan fingerprint density at radius 1 is 0.963 bits per heavy atom. The van der Waals surface area contributed by atoms with Crippen molar-refractivity contribution in [2.45, 2.75) is 26.3 Å². The molecule has 1 rings (SSSR count). The summed E-state index contributed by atoms with van der Waals surface area (Å²) in [7, 11) is 0. The van der Waals surface area contributed by atoms with Crippen LogP contribution >= 0.6 is 0 Å². The van der Waals surface area contributed by atoms with Crippen molar-refractivity contribution >= 4 is 29.8 Å². The molecular formula is C17H20N2O8. The predicted molar refractivity (Wildman–Crippen MR) is 93.3 cm³/mol. The summed E-state index contributed by atoms with van der Waals surface area (Å²) in [4.78, 5) is 48.0. The van der Waals surface area contributed by atoms with Crippen LogP contribution in [0, 0.1) is 10.1 Å². The van der Waals surface area contributed by atoms with E-state index in [4.69, 9.17) is 14.2 Å². The maximum Gasteiger partial charge on any atom is 0.302 e. The Bertz CT molecular complexity index is 681. The number of carbonyl (C=O) groups excluding carboxylic acids is 3. The van der Waals surface area contributed by atoms with Crippen LogP contribution in [0.1, 0.15) is 26.3 Å². The number of nitro groups is 1. The van der Waals surface area contributed by atoms with Gasteiger partial charge in [-0.2, -0.15) is 0 Å². The number of esters is 3. The monoisotopic (exact) mass is 380 g/mol. The third-order valence-corrected chi connectivity index (χ3v) is 3.22. The number of ether oxygens (including phenoxy) is 3. The van der Waals surface area contributed by atoms with E-state index in [1.54, 1.807) is 0 Å². The molecule has 0 radical (unpaired) electrons. The van der Waals surface area contributed by atoms with Crippen LogP contribution in [0.15, 0.2) is 29.3 Å². The highest BCUT2D eigenvalue weighted by Gasteiger charge is 2.34. The number of hydrogen-bond donors (Lipinski definition) is 0. The standard InChI is InChI=1S/C17H20N2O8/c1-12(20)25-9-17(10-26-13(2)21,11-27-14(3)22)18-8-15-4-6-16(7-5-15)19(23)24/h4-8H,9-11H2,1-3H3. The van der Waals surface area contributed by atoms with E-state index < -0.39 is 28.4 Å². The number of rotatable bonds is 9. The Kier molecular flexibility index (Phi) is 8.05. The molecule has 0 amide bonds. The molecule has 0 atom stereocenters. The van der Waals surface area contributed by atoms with Crippen LogP contribution in [0.2, 0.25) is 0 Å². The molecule has 0 bridgehead atoms. The summed E-state index contributed by atoms with van der Waals surface area (Å²) < 4.78 is 15.0. The molecule has 0 aliphatic carbocycles. The quantitative estimate of drug-likeness (QED) is 0.206. The fourth-order valence-electron chi connectivity index (χ4n) is 1.84. The van der Waals surface area contributed by atoms with E-state index in [0.29, 0.717) is 5.56 Å². The molecule has 10 heteroatoms. The molecule has 0 heterocycles. The van der Waals surface area contributed by atoms with Gasteiger partial charge in [0.1, 0.15) is 19.8 Å². The molecule has 0 saturated carbocycles. The highest BCUT2D eigenvalue weighted by molar-refractivity contribution is 5.80. The number of hydrogen-bond acceptors (Lipinski definition) is 9. The first-order chi connectivity index (χ1) is 12.6. The fraction of sp³-hybridized carbons (Fsp3) is 0.412. The van der Waals surface area contributed by atoms with E-state index in [1.807, 2.05) is 0 Å². The van der Waals surface area contributed by atoms with E-state index in [-0.39, 0.29) is 25.5 Å². The van der Waals surface area contributed by atoms with Gasteiger partial charge in [-0.15, -0.1) is 0 Å². The predicted octanol–water partition coefficient (Wildman–Crippen LogP) is 1.44. The SMILES string of the molecule is CC(=O)OCC(COC(C)=O)(COC(C)=O)N=Cc1ccc([N+](=O)[O-])cc1. The maximum absolute atomic E-state index is 11.2. The molecule has 10 nitrogen and oxygen atoms in total. The summed E-state index contributed by atoms with van der Waals surface area (Å²) in [5.41, 5.74) is -0.929. The summed E-state index contributed by atoms with van der Waals surface area (Å²) in [5, 5.41) is 10.7. The normalized spacial score (nSPS) is 11.1. The molecule has 0 unspecified atom stereocenters. The largest absolute Gasteiger partial charge is 0.463 e. The topological polar surface area (TPSA) is 134 Å². The molecule has 0 N–H and O–H groups in total. The summed E-state index contributed by atoms with van der Waals surface area (Å²) in [6.45, 7) is 2.69. The number of aliphatic imine (C=N–C) groups is 1. The average Bonchev–Trinajstić information content (AvgIpc) is 2.60. The van der Waals surface area contributed by atoms with E-state index in [0.717, 1.165) is 0 Å². The van der Waals surface area contributed by atoms with Gasteiger partial charge in [0.05, 0.1) is 4.92 Å². The fourth-order valence-corrected chi connectivity index (χ4v) is 1.84. The second-order valence-electron chi connectivity index (χ2n) is 5.67. The van der Waals surface area contributed by atoms with Gasteiger partial charge >= 0.3 is 17.9 Å². The first-order valence-corrected chi connectivity index (χ1v) is 7.83. The number of carbonyl (C=O) groups is 3. The zero-order valence-corrected chi connectivity index (χ0v) is 15.2. The van der Waals surface area contributed by atoms with Crippen molar-refractivity contribution in [3.63, 3.8) is 0 Å². The number of nitro benzene ring substituents is 1. The number of non-ortho nitro benzene ring substituents is 1. The van der Waals surface area contributed by atoms with Gasteiger partial charge in [-0.1, -0.05) is 0 Å². The van der Waals surface area contributed by atoms with Gasteiger partial charge in [0.15, 0.2) is 5.54 Å². The molecule has 27 heavy (non-hydrogen) atoms. The van der Waals surface area contributed by atoms with Crippen molar-refractivity contribution in [3.8, 4) is 0 Å². The first-order valence-electron chi connectivity index (χ1n) is 7.83. The van der Waals surface area contributed by atoms with Crippen molar-refractivity contribution in [2.24, 2.45) is 4.99 Å². The highest BCUT2D eigenvalue weighted by atomic mass is 16.6. The second-order valence-corrected chi connectivity index (χ2v) is 5.67. The molecule has 0 aromatic heterocycles. The number of nitrogens with zero attached hydrogens (tertiary/aromatic N) is 2. The lowest BCUT2D eigenvalue weighted by molar-refractivity contribution is -0.384. The van der Waals surface area contributed by atoms with Gasteiger partial charge in [0, 0.05) is 39.1 Å². The Labute approximate surface area is 155 Å². The van der Waals surface area contributed by atoms with Gasteiger partial charge in [0.25, 0.3) is 5.69 Å². The lowest BCUT2D eigenvalue weighted by Crippen LogP contribution is -2.44. The molecule has 0 saturated heterocycles. The second kappa shape index (κ2) is 10.00. The highest BCUT2D eigenvalue weighted by Crippen LogP contribution is 2.17. The summed E-state index contributed by atoms with van der Waals surface area (Å²) in [6.07, 6.45) is 1.36. The smallest absolute Gasteiger partial charge is 0.302 e. The molecule has 0 aliphatic rings. The van der Waals surface area contributed by atoms with Crippen LogP contribution in [0.5, 0.6) is 0 Å². The number of benzene rings is 1. The Morgan fingerprint density at radius 2 is 1.37 bits per heavy atom. The van der Waals surface area contributed by atoms with Crippen LogP contribution < -0.4 is 0 Å². The maximum atomic E-state index is 11.2. The van der Waals surface area contributed by atoms with Crippen molar-refractivity contribution < 1.29 is 33.5 Å². The summed E-state index contributed by atoms with van der Waals surface area (Å²) in [6, 6.07) is 5.53. The minimum absolute atomic E-state index is 0.0850. The Morgan fingerprint density at radius 3 is 1.70 bits per heavy atom. The van der Waals surface area contributed by atoms with E-state index in [2.05, 4.69) is 4.99 Å². The Balaban J connectivity index is 3.12. The van der Waals surface area contributed by atoms with Gasteiger partial charge in [0.2, 0.25) is 0 Å². The molecule has 146 valence electrons. The van der Waals surface area contributed by atoms with Gasteiger partial charge in [-0.25, -0.2) is 0 Å². The molecule has 0 spiro atoms. The van der Waals surface area contributed by atoms with Gasteiger partial charge in [-0.3, -0.25) is 29.5 Å². The molecule has 1 aromatic carbocycles. The molecule has 0 fully saturated rings. The third kappa shape index (κ3) is 8.08.